The SMILES string of the molecule is C[C@@H](Cc1cc2ccccc2o1)N(C)C(=O)OCC1c2ccccc2-c2ccccc21. The van der Waals surface area contributed by atoms with Crippen molar-refractivity contribution in [2.24, 2.45) is 0 Å². The molecule has 0 fully saturated rings. The van der Waals surface area contributed by atoms with Crippen molar-refractivity contribution in [1.82, 2.24) is 4.90 Å². The Morgan fingerprint density at radius 1 is 0.968 bits per heavy atom. The van der Waals surface area contributed by atoms with Crippen molar-refractivity contribution in [1.29, 1.82) is 0 Å². The molecule has 0 N–H and O–H groups in total. The highest BCUT2D eigenvalue weighted by molar-refractivity contribution is 5.79. The normalized spacial score (nSPS) is 13.6. The molecule has 156 valence electrons. The zero-order valence-electron chi connectivity index (χ0n) is 17.7. The summed E-state index contributed by atoms with van der Waals surface area (Å²) in [5, 5.41) is 1.08. The second-order valence-corrected chi connectivity index (χ2v) is 8.22. The largest absolute Gasteiger partial charge is 0.461 e. The number of likely N-dealkylation sites (N-methyl/N-ethyl adjacent to an activating group) is 1. The average Bonchev–Trinajstić information content (AvgIpc) is 3.35. The van der Waals surface area contributed by atoms with Crippen LogP contribution in [-0.4, -0.2) is 30.7 Å². The summed E-state index contributed by atoms with van der Waals surface area (Å²) in [6.07, 6.45) is 0.320. The van der Waals surface area contributed by atoms with E-state index >= 15 is 0 Å². The molecule has 1 atom stereocenters. The van der Waals surface area contributed by atoms with Crippen LogP contribution in [-0.2, 0) is 11.2 Å². The molecule has 0 unspecified atom stereocenters. The van der Waals surface area contributed by atoms with Gasteiger partial charge in [-0.25, -0.2) is 4.79 Å². The van der Waals surface area contributed by atoms with Gasteiger partial charge in [0.1, 0.15) is 18.0 Å². The lowest BCUT2D eigenvalue weighted by Gasteiger charge is -2.24. The maximum atomic E-state index is 12.8. The Labute approximate surface area is 182 Å². The van der Waals surface area contributed by atoms with Crippen LogP contribution in [0.5, 0.6) is 0 Å². The Hall–Kier alpha value is -3.53. The molecular weight excluding hydrogens is 386 g/mol. The second-order valence-electron chi connectivity index (χ2n) is 8.22. The van der Waals surface area contributed by atoms with Gasteiger partial charge in [0.05, 0.1) is 0 Å². The van der Waals surface area contributed by atoms with Gasteiger partial charge in [0.25, 0.3) is 0 Å². The van der Waals surface area contributed by atoms with Crippen molar-refractivity contribution in [3.8, 4) is 11.1 Å². The van der Waals surface area contributed by atoms with E-state index in [9.17, 15) is 4.79 Å². The lowest BCUT2D eigenvalue weighted by molar-refractivity contribution is 0.0963. The fourth-order valence-corrected chi connectivity index (χ4v) is 4.44. The monoisotopic (exact) mass is 411 g/mol. The van der Waals surface area contributed by atoms with Crippen LogP contribution in [0.25, 0.3) is 22.1 Å². The van der Waals surface area contributed by atoms with E-state index in [4.69, 9.17) is 9.15 Å². The molecule has 0 bridgehead atoms. The number of amides is 1. The van der Waals surface area contributed by atoms with Gasteiger partial charge in [-0.05, 0) is 41.3 Å². The first-order chi connectivity index (χ1) is 15.1. The van der Waals surface area contributed by atoms with E-state index < -0.39 is 0 Å². The number of hydrogen-bond donors (Lipinski definition) is 0. The van der Waals surface area contributed by atoms with E-state index in [2.05, 4.69) is 36.4 Å². The zero-order valence-corrected chi connectivity index (χ0v) is 17.7. The number of benzene rings is 3. The van der Waals surface area contributed by atoms with Crippen molar-refractivity contribution in [2.75, 3.05) is 13.7 Å². The van der Waals surface area contributed by atoms with E-state index in [1.165, 1.54) is 22.3 Å². The highest BCUT2D eigenvalue weighted by Crippen LogP contribution is 2.44. The molecule has 0 spiro atoms. The number of hydrogen-bond acceptors (Lipinski definition) is 3. The van der Waals surface area contributed by atoms with Gasteiger partial charge in [-0.1, -0.05) is 66.7 Å². The molecule has 0 saturated carbocycles. The first-order valence-electron chi connectivity index (χ1n) is 10.7. The quantitative estimate of drug-likeness (QED) is 0.390. The van der Waals surface area contributed by atoms with Crippen LogP contribution in [0.4, 0.5) is 4.79 Å². The third kappa shape index (κ3) is 3.59. The number of furan rings is 1. The first-order valence-corrected chi connectivity index (χ1v) is 10.7. The molecule has 4 aromatic rings. The molecule has 1 aliphatic rings. The molecule has 5 rings (SSSR count). The third-order valence-electron chi connectivity index (χ3n) is 6.26. The number of carbonyl (C=O) groups is 1. The molecule has 4 heteroatoms. The number of carbonyl (C=O) groups excluding carboxylic acids is 1. The molecule has 1 heterocycles. The molecule has 4 nitrogen and oxygen atoms in total. The summed E-state index contributed by atoms with van der Waals surface area (Å²) in [7, 11) is 1.78. The Balaban J connectivity index is 1.26. The standard InChI is InChI=1S/C27H25NO3/c1-18(15-20-16-19-9-3-8-14-26(19)31-20)28(2)27(29)30-17-25-23-12-6-4-10-21(23)22-11-5-7-13-24(22)25/h3-14,16,18,25H,15,17H2,1-2H3/t18-/m0/s1. The van der Waals surface area contributed by atoms with Crippen molar-refractivity contribution in [3.63, 3.8) is 0 Å². The smallest absolute Gasteiger partial charge is 0.409 e. The van der Waals surface area contributed by atoms with Crippen LogP contribution in [0.1, 0.15) is 29.7 Å². The lowest BCUT2D eigenvalue weighted by atomic mass is 9.98. The Bertz CT molecular complexity index is 1160. The van der Waals surface area contributed by atoms with Crippen molar-refractivity contribution < 1.29 is 13.9 Å². The predicted octanol–water partition coefficient (Wildman–Crippen LogP) is 6.24. The molecular formula is C27H25NO3. The average molecular weight is 412 g/mol. The molecule has 0 saturated heterocycles. The Kier molecular flexibility index (Phi) is 4.99. The van der Waals surface area contributed by atoms with Crippen molar-refractivity contribution >= 4 is 17.1 Å². The second kappa shape index (κ2) is 7.95. The van der Waals surface area contributed by atoms with Gasteiger partial charge in [-0.3, -0.25) is 0 Å². The fourth-order valence-electron chi connectivity index (χ4n) is 4.44. The molecule has 1 amide bonds. The molecule has 1 aromatic heterocycles. The van der Waals surface area contributed by atoms with Gasteiger partial charge in [0.2, 0.25) is 0 Å². The summed E-state index contributed by atoms with van der Waals surface area (Å²) in [6, 6.07) is 26.7. The summed E-state index contributed by atoms with van der Waals surface area (Å²) in [5.74, 6) is 0.933. The maximum Gasteiger partial charge on any atom is 0.409 e. The minimum atomic E-state index is -0.314. The molecule has 1 aliphatic carbocycles. The van der Waals surface area contributed by atoms with Crippen molar-refractivity contribution in [2.45, 2.75) is 25.3 Å². The molecule has 0 aliphatic heterocycles. The lowest BCUT2D eigenvalue weighted by Crippen LogP contribution is -2.37. The van der Waals surface area contributed by atoms with Crippen molar-refractivity contribution in [3.05, 3.63) is 95.7 Å². The third-order valence-corrected chi connectivity index (χ3v) is 6.26. The highest BCUT2D eigenvalue weighted by Gasteiger charge is 2.30. The number of rotatable bonds is 5. The van der Waals surface area contributed by atoms with Gasteiger partial charge in [-0.2, -0.15) is 0 Å². The number of ether oxygens (including phenoxy) is 1. The van der Waals surface area contributed by atoms with Crippen LogP contribution >= 0.6 is 0 Å². The Morgan fingerprint density at radius 2 is 1.58 bits per heavy atom. The van der Waals surface area contributed by atoms with Gasteiger partial charge in [0.15, 0.2) is 0 Å². The van der Waals surface area contributed by atoms with Crippen LogP contribution in [0.3, 0.4) is 0 Å². The van der Waals surface area contributed by atoms with Gasteiger partial charge < -0.3 is 14.1 Å². The van der Waals surface area contributed by atoms with Crippen LogP contribution in [0, 0.1) is 0 Å². The summed E-state index contributed by atoms with van der Waals surface area (Å²) in [6.45, 7) is 2.34. The predicted molar refractivity (Wildman–Crippen MR) is 122 cm³/mol. The number of fused-ring (bicyclic) bond motifs is 4. The zero-order chi connectivity index (χ0) is 21.4. The van der Waals surface area contributed by atoms with Crippen LogP contribution in [0.2, 0.25) is 0 Å². The summed E-state index contributed by atoms with van der Waals surface area (Å²) >= 11 is 0. The van der Waals surface area contributed by atoms with Crippen LogP contribution in [0.15, 0.2) is 83.3 Å². The van der Waals surface area contributed by atoms with E-state index in [0.29, 0.717) is 13.0 Å². The molecule has 3 aromatic carbocycles. The maximum absolute atomic E-state index is 12.8. The molecule has 31 heavy (non-hydrogen) atoms. The minimum Gasteiger partial charge on any atom is -0.461 e. The van der Waals surface area contributed by atoms with Gasteiger partial charge in [-0.15, -0.1) is 0 Å². The summed E-state index contributed by atoms with van der Waals surface area (Å²) in [5.41, 5.74) is 5.76. The van der Waals surface area contributed by atoms with E-state index in [1.54, 1.807) is 11.9 Å². The van der Waals surface area contributed by atoms with E-state index in [1.807, 2.05) is 49.4 Å². The number of nitrogens with zero attached hydrogens (tertiary/aromatic N) is 1. The van der Waals surface area contributed by atoms with E-state index in [-0.39, 0.29) is 18.1 Å². The van der Waals surface area contributed by atoms with Gasteiger partial charge >= 0.3 is 6.09 Å². The van der Waals surface area contributed by atoms with Crippen LogP contribution < -0.4 is 0 Å². The topological polar surface area (TPSA) is 42.7 Å². The first kappa shape index (κ1) is 19.4. The number of para-hydroxylation sites is 1. The fraction of sp³-hybridized carbons (Fsp3) is 0.222. The molecule has 0 radical (unpaired) electrons. The summed E-state index contributed by atoms with van der Waals surface area (Å²) < 4.78 is 11.7. The minimum absolute atomic E-state index is 0.0452. The summed E-state index contributed by atoms with van der Waals surface area (Å²) in [4.78, 5) is 14.5. The Morgan fingerprint density at radius 3 is 2.26 bits per heavy atom. The van der Waals surface area contributed by atoms with E-state index in [0.717, 1.165) is 16.7 Å². The van der Waals surface area contributed by atoms with Gasteiger partial charge in [0, 0.05) is 30.8 Å². The highest BCUT2D eigenvalue weighted by atomic mass is 16.6.